The maximum absolute atomic E-state index is 15.0. The number of benzene rings is 3. The minimum Gasteiger partial charge on any atom is -0.304 e. The number of ketones is 1. The molecule has 0 bridgehead atoms. The highest BCUT2D eigenvalue weighted by Gasteiger charge is 2.59. The van der Waals surface area contributed by atoms with Gasteiger partial charge in [0.1, 0.15) is 4.91 Å². The smallest absolute Gasteiger partial charge is 0.304 e. The van der Waals surface area contributed by atoms with Gasteiger partial charge in [-0.25, -0.2) is 16.8 Å². The largest absolute Gasteiger partial charge is 0.360 e. The van der Waals surface area contributed by atoms with Crippen LogP contribution in [0, 0.1) is 6.92 Å². The maximum Gasteiger partial charge on any atom is 0.360 e. The lowest BCUT2D eigenvalue weighted by molar-refractivity contribution is 0.103. The van der Waals surface area contributed by atoms with Gasteiger partial charge in [-0.15, -0.1) is 0 Å². The second-order valence-electron chi connectivity index (χ2n) is 10.2. The number of aryl methyl sites for hydroxylation is 1. The molecule has 3 aromatic carbocycles. The first kappa shape index (κ1) is 31.0. The van der Waals surface area contributed by atoms with Gasteiger partial charge in [0.05, 0.1) is 22.0 Å². The molecular formula is C29H32NO8PS2. The Labute approximate surface area is 241 Å². The van der Waals surface area contributed by atoms with Gasteiger partial charge in [-0.05, 0) is 65.0 Å². The van der Waals surface area contributed by atoms with Crippen molar-refractivity contribution >= 4 is 33.2 Å². The van der Waals surface area contributed by atoms with E-state index in [0.717, 1.165) is 11.6 Å². The number of carbonyl (C=O) groups excluding carboxylic acids is 1. The number of allylic oxidation sites excluding steroid dienone is 1. The summed E-state index contributed by atoms with van der Waals surface area (Å²) in [5, 5.41) is -2.44. The van der Waals surface area contributed by atoms with Crippen molar-refractivity contribution in [3.63, 3.8) is 0 Å². The molecule has 0 aromatic heterocycles. The van der Waals surface area contributed by atoms with Gasteiger partial charge in [-0.2, -0.15) is 4.72 Å². The Balaban J connectivity index is 2.13. The van der Waals surface area contributed by atoms with E-state index in [2.05, 4.69) is 4.72 Å². The third-order valence-electron chi connectivity index (χ3n) is 6.24. The topological polar surface area (TPSA) is 133 Å². The molecule has 0 saturated carbocycles. The van der Waals surface area contributed by atoms with Gasteiger partial charge in [0.25, 0.3) is 0 Å². The van der Waals surface area contributed by atoms with Crippen LogP contribution in [0.15, 0.2) is 99.6 Å². The van der Waals surface area contributed by atoms with Gasteiger partial charge in [-0.1, -0.05) is 60.2 Å². The summed E-state index contributed by atoms with van der Waals surface area (Å²) in [6.07, 6.45) is -0.597. The zero-order valence-corrected chi connectivity index (χ0v) is 25.8. The van der Waals surface area contributed by atoms with Crippen LogP contribution in [-0.2, 0) is 38.8 Å². The van der Waals surface area contributed by atoms with E-state index in [1.165, 1.54) is 60.7 Å². The molecule has 1 unspecified atom stereocenters. The minimum atomic E-state index is -4.70. The molecule has 1 aliphatic carbocycles. The van der Waals surface area contributed by atoms with Gasteiger partial charge in [0.15, 0.2) is 5.28 Å². The summed E-state index contributed by atoms with van der Waals surface area (Å²) in [6, 6.07) is 19.0. The predicted octanol–water partition coefficient (Wildman–Crippen LogP) is 5.72. The molecule has 0 spiro atoms. The fraction of sp³-hybridized carbons (Fsp3) is 0.276. The third-order valence-corrected chi connectivity index (χ3v) is 12.4. The quantitative estimate of drug-likeness (QED) is 0.286. The lowest BCUT2D eigenvalue weighted by atomic mass is 9.92. The number of nitrogens with one attached hydrogen (secondary N) is 1. The maximum atomic E-state index is 15.0. The Hall–Kier alpha value is -2.92. The molecule has 0 amide bonds. The summed E-state index contributed by atoms with van der Waals surface area (Å²) >= 11 is 0. The molecule has 0 fully saturated rings. The number of rotatable bonds is 10. The first-order chi connectivity index (χ1) is 19.1. The molecule has 0 heterocycles. The fourth-order valence-electron chi connectivity index (χ4n) is 4.50. The molecule has 12 heteroatoms. The molecular weight excluding hydrogens is 585 g/mol. The molecule has 1 atom stereocenters. The highest BCUT2D eigenvalue weighted by atomic mass is 32.2. The van der Waals surface area contributed by atoms with Gasteiger partial charge >= 0.3 is 7.60 Å². The van der Waals surface area contributed by atoms with Crippen molar-refractivity contribution in [2.75, 3.05) is 0 Å². The molecule has 1 N–H and O–H groups in total. The van der Waals surface area contributed by atoms with Crippen LogP contribution in [0.4, 0.5) is 0 Å². The zero-order valence-electron chi connectivity index (χ0n) is 23.3. The number of hydrogen-bond acceptors (Lipinski definition) is 8. The van der Waals surface area contributed by atoms with E-state index in [4.69, 9.17) is 9.05 Å². The van der Waals surface area contributed by atoms with Crippen LogP contribution in [0.3, 0.4) is 0 Å². The van der Waals surface area contributed by atoms with E-state index < -0.39 is 55.6 Å². The number of Topliss-reactive ketones (excluding diaryl/α,β-unsaturated/α-hetero) is 1. The van der Waals surface area contributed by atoms with Crippen molar-refractivity contribution < 1.29 is 35.2 Å². The fourth-order valence-corrected chi connectivity index (χ4v) is 10.3. The Morgan fingerprint density at radius 1 is 0.756 bits per heavy atom. The van der Waals surface area contributed by atoms with Gasteiger partial charge in [-0.3, -0.25) is 9.36 Å². The van der Waals surface area contributed by atoms with Crippen LogP contribution in [0.5, 0.6) is 0 Å². The standard InChI is InChI=1S/C29H32NO8PS2/c1-20(2)37-39(32,38-21(3)4)29(30-41(35,36)24-11-7-6-8-12-24)19-27(28(31)25-13-9-10-14-26(25)29)40(33,34)23-17-15-22(5)16-18-23/h6-21,30H,1-5H3. The van der Waals surface area contributed by atoms with Gasteiger partial charge in [0, 0.05) is 11.1 Å². The van der Waals surface area contributed by atoms with E-state index in [1.807, 2.05) is 0 Å². The first-order valence-electron chi connectivity index (χ1n) is 12.9. The molecule has 9 nitrogen and oxygen atoms in total. The number of carbonyl (C=O) groups is 1. The molecule has 1 aliphatic rings. The molecule has 41 heavy (non-hydrogen) atoms. The van der Waals surface area contributed by atoms with Crippen LogP contribution in [0.1, 0.15) is 49.2 Å². The van der Waals surface area contributed by atoms with Crippen LogP contribution in [0.25, 0.3) is 0 Å². The minimum absolute atomic E-state index is 0.0583. The Morgan fingerprint density at radius 2 is 1.29 bits per heavy atom. The zero-order chi connectivity index (χ0) is 30.2. The summed E-state index contributed by atoms with van der Waals surface area (Å²) in [6.45, 7) is 8.13. The van der Waals surface area contributed by atoms with E-state index >= 15 is 4.57 Å². The van der Waals surface area contributed by atoms with Crippen molar-refractivity contribution in [2.45, 2.75) is 61.9 Å². The van der Waals surface area contributed by atoms with E-state index in [-0.39, 0.29) is 20.9 Å². The summed E-state index contributed by atoms with van der Waals surface area (Å²) in [4.78, 5) is 12.7. The highest BCUT2D eigenvalue weighted by molar-refractivity contribution is 7.96. The molecule has 0 radical (unpaired) electrons. The molecule has 0 aliphatic heterocycles. The molecule has 4 rings (SSSR count). The van der Waals surface area contributed by atoms with E-state index in [1.54, 1.807) is 52.8 Å². The SMILES string of the molecule is Cc1ccc(S(=O)(=O)C2=CC(NS(=O)(=O)c3ccccc3)(P(=O)(OC(C)C)OC(C)C)c3ccccc3C2=O)cc1. The van der Waals surface area contributed by atoms with Crippen molar-refractivity contribution in [3.05, 3.63) is 107 Å². The lowest BCUT2D eigenvalue weighted by Gasteiger charge is -2.42. The van der Waals surface area contributed by atoms with Crippen molar-refractivity contribution in [1.82, 2.24) is 4.72 Å². The first-order valence-corrected chi connectivity index (χ1v) is 17.4. The monoisotopic (exact) mass is 617 g/mol. The van der Waals surface area contributed by atoms with Crippen LogP contribution in [0.2, 0.25) is 0 Å². The predicted molar refractivity (Wildman–Crippen MR) is 156 cm³/mol. The number of sulfone groups is 1. The van der Waals surface area contributed by atoms with E-state index in [0.29, 0.717) is 0 Å². The molecule has 0 saturated heterocycles. The summed E-state index contributed by atoms with van der Waals surface area (Å²) in [5.41, 5.74) is 0.580. The third kappa shape index (κ3) is 5.88. The van der Waals surface area contributed by atoms with E-state index in [9.17, 15) is 21.6 Å². The molecule has 3 aromatic rings. The van der Waals surface area contributed by atoms with Crippen LogP contribution in [-0.4, -0.2) is 34.8 Å². The Bertz CT molecular complexity index is 1740. The molecule has 218 valence electrons. The van der Waals surface area contributed by atoms with Crippen molar-refractivity contribution in [2.24, 2.45) is 0 Å². The second-order valence-corrected chi connectivity index (χ2v) is 15.9. The van der Waals surface area contributed by atoms with Crippen LogP contribution < -0.4 is 4.72 Å². The summed E-state index contributed by atoms with van der Waals surface area (Å²) < 4.78 is 85.0. The Morgan fingerprint density at radius 3 is 1.85 bits per heavy atom. The van der Waals surface area contributed by atoms with Gasteiger partial charge in [0.2, 0.25) is 25.6 Å². The highest BCUT2D eigenvalue weighted by Crippen LogP contribution is 2.68. The second kappa shape index (κ2) is 11.4. The lowest BCUT2D eigenvalue weighted by Crippen LogP contribution is -2.49. The Kier molecular flexibility index (Phi) is 8.62. The van der Waals surface area contributed by atoms with Crippen LogP contribution >= 0.6 is 7.60 Å². The number of hydrogen-bond donors (Lipinski definition) is 1. The van der Waals surface area contributed by atoms with Crippen molar-refractivity contribution in [1.29, 1.82) is 0 Å². The number of fused-ring (bicyclic) bond motifs is 1. The normalized spacial score (nSPS) is 17.9. The summed E-state index contributed by atoms with van der Waals surface area (Å²) in [5.74, 6) is -0.878. The summed E-state index contributed by atoms with van der Waals surface area (Å²) in [7, 11) is -13.7. The average molecular weight is 618 g/mol. The van der Waals surface area contributed by atoms with Gasteiger partial charge < -0.3 is 9.05 Å². The average Bonchev–Trinajstić information content (AvgIpc) is 2.90. The number of sulfonamides is 1. The van der Waals surface area contributed by atoms with Crippen molar-refractivity contribution in [3.8, 4) is 0 Å².